The Bertz CT molecular complexity index is 514. The van der Waals surface area contributed by atoms with E-state index in [1.165, 1.54) is 5.69 Å². The number of nitrogens with zero attached hydrogens (tertiary/aromatic N) is 2. The van der Waals surface area contributed by atoms with Gasteiger partial charge in [-0.1, -0.05) is 12.1 Å². The molecule has 0 aromatic heterocycles. The summed E-state index contributed by atoms with van der Waals surface area (Å²) in [5, 5.41) is 2.81. The lowest BCUT2D eigenvalue weighted by atomic mass is 10.1. The Morgan fingerprint density at radius 2 is 1.70 bits per heavy atom. The molecule has 0 spiro atoms. The summed E-state index contributed by atoms with van der Waals surface area (Å²) in [4.78, 5) is 16.6. The second-order valence-corrected chi connectivity index (χ2v) is 7.30. The van der Waals surface area contributed by atoms with E-state index < -0.39 is 0 Å². The molecule has 1 saturated heterocycles. The SMILES string of the molecule is C[C@H](OC(=O)NC(C)(C)C)c1ccc(N2CCN(C)CC2)cc1. The van der Waals surface area contributed by atoms with Crippen molar-refractivity contribution in [3.05, 3.63) is 29.8 Å². The number of nitrogens with one attached hydrogen (secondary N) is 1. The maximum Gasteiger partial charge on any atom is 0.408 e. The fourth-order valence-electron chi connectivity index (χ4n) is 2.59. The molecule has 5 heteroatoms. The molecule has 23 heavy (non-hydrogen) atoms. The molecule has 1 aliphatic heterocycles. The third-order valence-corrected chi connectivity index (χ3v) is 3.99. The van der Waals surface area contributed by atoms with E-state index in [-0.39, 0.29) is 17.7 Å². The van der Waals surface area contributed by atoms with Crippen molar-refractivity contribution in [3.63, 3.8) is 0 Å². The van der Waals surface area contributed by atoms with Crippen molar-refractivity contribution in [2.75, 3.05) is 38.1 Å². The molecule has 0 radical (unpaired) electrons. The summed E-state index contributed by atoms with van der Waals surface area (Å²) in [5.41, 5.74) is 1.95. The third-order valence-electron chi connectivity index (χ3n) is 3.99. The minimum absolute atomic E-state index is 0.265. The van der Waals surface area contributed by atoms with Gasteiger partial charge >= 0.3 is 6.09 Å². The summed E-state index contributed by atoms with van der Waals surface area (Å²) < 4.78 is 5.44. The minimum atomic E-state index is -0.381. The first-order chi connectivity index (χ1) is 10.7. The molecule has 2 rings (SSSR count). The Kier molecular flexibility index (Phi) is 5.52. The monoisotopic (exact) mass is 319 g/mol. The van der Waals surface area contributed by atoms with Crippen molar-refractivity contribution in [1.29, 1.82) is 0 Å². The first kappa shape index (κ1) is 17.6. The van der Waals surface area contributed by atoms with Gasteiger partial charge in [0, 0.05) is 37.4 Å². The third kappa shape index (κ3) is 5.43. The summed E-state index contributed by atoms with van der Waals surface area (Å²) in [5.74, 6) is 0. The Balaban J connectivity index is 1.92. The number of benzene rings is 1. The van der Waals surface area contributed by atoms with Crippen molar-refractivity contribution in [2.45, 2.75) is 39.3 Å². The van der Waals surface area contributed by atoms with E-state index >= 15 is 0 Å². The Labute approximate surface area is 139 Å². The van der Waals surface area contributed by atoms with Crippen molar-refractivity contribution in [3.8, 4) is 0 Å². The van der Waals surface area contributed by atoms with Gasteiger partial charge in [-0.3, -0.25) is 0 Å². The van der Waals surface area contributed by atoms with Crippen LogP contribution < -0.4 is 10.2 Å². The van der Waals surface area contributed by atoms with Crippen molar-refractivity contribution in [1.82, 2.24) is 10.2 Å². The van der Waals surface area contributed by atoms with E-state index in [4.69, 9.17) is 4.74 Å². The zero-order valence-electron chi connectivity index (χ0n) is 14.9. The average molecular weight is 319 g/mol. The van der Waals surface area contributed by atoms with E-state index in [2.05, 4.69) is 34.3 Å². The maximum absolute atomic E-state index is 11.8. The van der Waals surface area contributed by atoms with Gasteiger partial charge in [0.2, 0.25) is 0 Å². The lowest BCUT2D eigenvalue weighted by Gasteiger charge is -2.34. The molecule has 0 aliphatic carbocycles. The quantitative estimate of drug-likeness (QED) is 0.930. The van der Waals surface area contributed by atoms with E-state index in [1.807, 2.05) is 39.8 Å². The van der Waals surface area contributed by atoms with Crippen LogP contribution in [0.2, 0.25) is 0 Å². The van der Waals surface area contributed by atoms with E-state index in [9.17, 15) is 4.79 Å². The molecule has 1 aliphatic rings. The molecular formula is C18H29N3O2. The van der Waals surface area contributed by atoms with Gasteiger partial charge in [-0.2, -0.15) is 0 Å². The Morgan fingerprint density at radius 1 is 1.13 bits per heavy atom. The van der Waals surface area contributed by atoms with E-state index in [0.717, 1.165) is 31.7 Å². The summed E-state index contributed by atoms with van der Waals surface area (Å²) in [6.45, 7) is 12.0. The Morgan fingerprint density at radius 3 is 2.22 bits per heavy atom. The number of piperazine rings is 1. The van der Waals surface area contributed by atoms with E-state index in [0.29, 0.717) is 0 Å². The first-order valence-electron chi connectivity index (χ1n) is 8.27. The molecular weight excluding hydrogens is 290 g/mol. The highest BCUT2D eigenvalue weighted by Gasteiger charge is 2.18. The Hall–Kier alpha value is -1.75. The summed E-state index contributed by atoms with van der Waals surface area (Å²) >= 11 is 0. The molecule has 1 atom stereocenters. The highest BCUT2D eigenvalue weighted by Crippen LogP contribution is 2.22. The number of amides is 1. The van der Waals surface area contributed by atoms with Gasteiger partial charge in [0.25, 0.3) is 0 Å². The number of carbonyl (C=O) groups is 1. The van der Waals surface area contributed by atoms with Gasteiger partial charge in [-0.25, -0.2) is 4.79 Å². The van der Waals surface area contributed by atoms with Crippen LogP contribution in [0.25, 0.3) is 0 Å². The molecule has 5 nitrogen and oxygen atoms in total. The van der Waals surface area contributed by atoms with Crippen LogP contribution in [0, 0.1) is 0 Å². The van der Waals surface area contributed by atoms with Crippen LogP contribution in [-0.4, -0.2) is 49.8 Å². The molecule has 1 aromatic carbocycles. The second kappa shape index (κ2) is 7.21. The molecule has 1 amide bonds. The van der Waals surface area contributed by atoms with Crippen LogP contribution in [0.1, 0.15) is 39.4 Å². The average Bonchev–Trinajstić information content (AvgIpc) is 2.46. The lowest BCUT2D eigenvalue weighted by molar-refractivity contribution is 0.100. The van der Waals surface area contributed by atoms with Crippen LogP contribution in [0.15, 0.2) is 24.3 Å². The number of carbonyl (C=O) groups excluding carboxylic acids is 1. The second-order valence-electron chi connectivity index (χ2n) is 7.30. The predicted octanol–water partition coefficient (Wildman–Crippen LogP) is 3.02. The minimum Gasteiger partial charge on any atom is -0.442 e. The topological polar surface area (TPSA) is 44.8 Å². The summed E-state index contributed by atoms with van der Waals surface area (Å²) in [7, 11) is 2.15. The number of hydrogen-bond acceptors (Lipinski definition) is 4. The lowest BCUT2D eigenvalue weighted by Crippen LogP contribution is -2.44. The van der Waals surface area contributed by atoms with Crippen molar-refractivity contribution in [2.24, 2.45) is 0 Å². The number of hydrogen-bond donors (Lipinski definition) is 1. The summed E-state index contributed by atoms with van der Waals surface area (Å²) in [6.07, 6.45) is -0.646. The largest absolute Gasteiger partial charge is 0.442 e. The molecule has 1 aromatic rings. The zero-order valence-corrected chi connectivity index (χ0v) is 14.9. The normalized spacial score (nSPS) is 17.7. The first-order valence-corrected chi connectivity index (χ1v) is 8.27. The molecule has 128 valence electrons. The predicted molar refractivity (Wildman–Crippen MR) is 93.9 cm³/mol. The van der Waals surface area contributed by atoms with Crippen LogP contribution in [0.5, 0.6) is 0 Å². The van der Waals surface area contributed by atoms with Gasteiger partial charge in [-0.15, -0.1) is 0 Å². The number of alkyl carbamates (subject to hydrolysis) is 1. The molecule has 1 N–H and O–H groups in total. The summed E-state index contributed by atoms with van der Waals surface area (Å²) in [6, 6.07) is 8.32. The van der Waals surface area contributed by atoms with Gasteiger partial charge in [0.15, 0.2) is 0 Å². The molecule has 1 heterocycles. The molecule has 0 unspecified atom stereocenters. The van der Waals surface area contributed by atoms with Gasteiger partial charge < -0.3 is 19.9 Å². The highest BCUT2D eigenvalue weighted by atomic mass is 16.6. The van der Waals surface area contributed by atoms with Gasteiger partial charge in [0.05, 0.1) is 0 Å². The van der Waals surface area contributed by atoms with Crippen LogP contribution in [0.4, 0.5) is 10.5 Å². The van der Waals surface area contributed by atoms with Crippen LogP contribution >= 0.6 is 0 Å². The van der Waals surface area contributed by atoms with E-state index in [1.54, 1.807) is 0 Å². The standard InChI is InChI=1S/C18H29N3O2/c1-14(23-17(22)19-18(2,3)4)15-6-8-16(9-7-15)21-12-10-20(5)11-13-21/h6-9,14H,10-13H2,1-5H3,(H,19,22)/t14-/m0/s1. The van der Waals surface area contributed by atoms with Gasteiger partial charge in [0.1, 0.15) is 6.10 Å². The fraction of sp³-hybridized carbons (Fsp3) is 0.611. The fourth-order valence-corrected chi connectivity index (χ4v) is 2.59. The number of ether oxygens (including phenoxy) is 1. The molecule has 0 saturated carbocycles. The van der Waals surface area contributed by atoms with Crippen molar-refractivity contribution >= 4 is 11.8 Å². The van der Waals surface area contributed by atoms with Crippen LogP contribution in [0.3, 0.4) is 0 Å². The number of rotatable bonds is 3. The highest BCUT2D eigenvalue weighted by molar-refractivity contribution is 5.68. The zero-order chi connectivity index (χ0) is 17.0. The van der Waals surface area contributed by atoms with Gasteiger partial charge in [-0.05, 0) is 52.4 Å². The molecule has 1 fully saturated rings. The number of anilines is 1. The van der Waals surface area contributed by atoms with Crippen molar-refractivity contribution < 1.29 is 9.53 Å². The smallest absolute Gasteiger partial charge is 0.408 e. The maximum atomic E-state index is 11.8. The van der Waals surface area contributed by atoms with Crippen LogP contribution in [-0.2, 0) is 4.74 Å². The molecule has 0 bridgehead atoms. The number of likely N-dealkylation sites (N-methyl/N-ethyl adjacent to an activating group) is 1.